The van der Waals surface area contributed by atoms with Crippen LogP contribution in [0.1, 0.15) is 18.1 Å². The summed E-state index contributed by atoms with van der Waals surface area (Å²) in [4.78, 5) is 0.322. The Bertz CT molecular complexity index is 652. The molecule has 1 heterocycles. The molecule has 4 nitrogen and oxygen atoms in total. The van der Waals surface area contributed by atoms with E-state index in [-0.39, 0.29) is 0 Å². The first kappa shape index (κ1) is 16.2. The maximum Gasteiger partial charge on any atom is 0.240 e. The molecule has 0 unspecified atom stereocenters. The molecule has 0 saturated heterocycles. The van der Waals surface area contributed by atoms with Gasteiger partial charge in [0.15, 0.2) is 0 Å². The van der Waals surface area contributed by atoms with Gasteiger partial charge in [-0.05, 0) is 53.1 Å². The van der Waals surface area contributed by atoms with Crippen LogP contribution in [-0.4, -0.2) is 21.5 Å². The van der Waals surface area contributed by atoms with Crippen molar-refractivity contribution < 1.29 is 8.42 Å². The second kappa shape index (κ2) is 7.70. The van der Waals surface area contributed by atoms with Gasteiger partial charge in [-0.15, -0.1) is 0 Å². The van der Waals surface area contributed by atoms with Gasteiger partial charge < -0.3 is 5.32 Å². The summed E-state index contributed by atoms with van der Waals surface area (Å²) in [5.41, 5.74) is 2.13. The molecule has 2 aromatic rings. The Morgan fingerprint density at radius 1 is 1.19 bits per heavy atom. The summed E-state index contributed by atoms with van der Waals surface area (Å²) < 4.78 is 27.2. The van der Waals surface area contributed by atoms with Gasteiger partial charge in [-0.3, -0.25) is 0 Å². The first-order valence-corrected chi connectivity index (χ1v) is 9.35. The van der Waals surface area contributed by atoms with Crippen LogP contribution in [0.3, 0.4) is 0 Å². The van der Waals surface area contributed by atoms with Gasteiger partial charge in [-0.2, -0.15) is 11.3 Å². The molecule has 6 heteroatoms. The second-order valence-corrected chi connectivity index (χ2v) is 7.25. The Morgan fingerprint density at radius 3 is 2.76 bits per heavy atom. The molecule has 0 atom stereocenters. The molecule has 1 aromatic carbocycles. The summed E-state index contributed by atoms with van der Waals surface area (Å²) in [7, 11) is -3.44. The number of rotatable bonds is 8. The molecule has 21 heavy (non-hydrogen) atoms. The van der Waals surface area contributed by atoms with E-state index >= 15 is 0 Å². The third-order valence-corrected chi connectivity index (χ3v) is 5.26. The number of benzene rings is 1. The molecule has 2 rings (SSSR count). The highest BCUT2D eigenvalue weighted by atomic mass is 32.2. The van der Waals surface area contributed by atoms with Gasteiger partial charge in [0.25, 0.3) is 0 Å². The van der Waals surface area contributed by atoms with Gasteiger partial charge in [0.2, 0.25) is 10.0 Å². The zero-order valence-corrected chi connectivity index (χ0v) is 13.6. The lowest BCUT2D eigenvalue weighted by Crippen LogP contribution is -2.26. The first-order valence-electron chi connectivity index (χ1n) is 6.92. The molecule has 1 aromatic heterocycles. The summed E-state index contributed by atoms with van der Waals surface area (Å²) in [5.74, 6) is 0. The predicted octanol–water partition coefficient (Wildman–Crippen LogP) is 2.38. The van der Waals surface area contributed by atoms with Crippen molar-refractivity contribution >= 4 is 21.4 Å². The molecule has 0 aliphatic rings. The molecular formula is C15H20N2O2S2. The topological polar surface area (TPSA) is 58.2 Å². The minimum atomic E-state index is -3.44. The van der Waals surface area contributed by atoms with Crippen LogP contribution < -0.4 is 10.0 Å². The molecule has 0 amide bonds. The third-order valence-electron chi connectivity index (χ3n) is 3.07. The molecule has 0 spiro atoms. The van der Waals surface area contributed by atoms with Crippen LogP contribution in [0, 0.1) is 0 Å². The lowest BCUT2D eigenvalue weighted by atomic mass is 10.2. The van der Waals surface area contributed by atoms with E-state index in [4.69, 9.17) is 0 Å². The van der Waals surface area contributed by atoms with Gasteiger partial charge in [0.05, 0.1) is 4.90 Å². The third kappa shape index (κ3) is 4.93. The molecule has 2 N–H and O–H groups in total. The van der Waals surface area contributed by atoms with E-state index in [9.17, 15) is 8.42 Å². The van der Waals surface area contributed by atoms with E-state index in [1.807, 2.05) is 29.8 Å². The number of thiophene rings is 1. The molecule has 0 bridgehead atoms. The summed E-state index contributed by atoms with van der Waals surface area (Å²) in [5, 5.41) is 7.22. The number of sulfonamides is 1. The van der Waals surface area contributed by atoms with Crippen molar-refractivity contribution in [3.8, 4) is 0 Å². The monoisotopic (exact) mass is 324 g/mol. The smallest absolute Gasteiger partial charge is 0.240 e. The van der Waals surface area contributed by atoms with Gasteiger partial charge in [-0.1, -0.05) is 19.1 Å². The van der Waals surface area contributed by atoms with Gasteiger partial charge in [0, 0.05) is 13.1 Å². The molecule has 0 saturated carbocycles. The van der Waals surface area contributed by atoms with Crippen molar-refractivity contribution in [2.75, 3.05) is 13.1 Å². The lowest BCUT2D eigenvalue weighted by molar-refractivity contribution is 0.581. The number of nitrogens with one attached hydrogen (secondary N) is 2. The molecular weight excluding hydrogens is 304 g/mol. The van der Waals surface area contributed by atoms with Crippen molar-refractivity contribution in [1.82, 2.24) is 10.0 Å². The van der Waals surface area contributed by atoms with E-state index < -0.39 is 10.0 Å². The van der Waals surface area contributed by atoms with E-state index in [1.165, 1.54) is 0 Å². The molecule has 114 valence electrons. The predicted molar refractivity (Wildman–Crippen MR) is 87.0 cm³/mol. The molecule has 0 radical (unpaired) electrons. The van der Waals surface area contributed by atoms with Crippen molar-refractivity contribution in [2.45, 2.75) is 24.8 Å². The Kier molecular flexibility index (Phi) is 5.93. The zero-order valence-electron chi connectivity index (χ0n) is 12.0. The maximum absolute atomic E-state index is 12.3. The normalized spacial score (nSPS) is 11.7. The minimum absolute atomic E-state index is 0.322. The molecule has 0 aliphatic carbocycles. The Labute approximate surface area is 130 Å². The quantitative estimate of drug-likeness (QED) is 0.784. The number of hydrogen-bond donors (Lipinski definition) is 2. The summed E-state index contributed by atoms with van der Waals surface area (Å²) >= 11 is 1.62. The number of hydrogen-bond acceptors (Lipinski definition) is 4. The lowest BCUT2D eigenvalue weighted by Gasteiger charge is -2.08. The van der Waals surface area contributed by atoms with Crippen LogP contribution >= 0.6 is 11.3 Å². The van der Waals surface area contributed by atoms with Crippen LogP contribution in [0.25, 0.3) is 0 Å². The Hall–Kier alpha value is -1.21. The largest absolute Gasteiger partial charge is 0.313 e. The SMILES string of the molecule is CCNCc1cccc(S(=O)(=O)NCCc2ccsc2)c1. The fraction of sp³-hybridized carbons (Fsp3) is 0.333. The van der Waals surface area contributed by atoms with Gasteiger partial charge in [0.1, 0.15) is 0 Å². The standard InChI is InChI=1S/C15H20N2O2S2/c1-2-16-11-14-4-3-5-15(10-14)21(18,19)17-8-6-13-7-9-20-12-13/h3-5,7,9-10,12,16-17H,2,6,8,11H2,1H3. The van der Waals surface area contributed by atoms with Crippen molar-refractivity contribution in [1.29, 1.82) is 0 Å². The first-order chi connectivity index (χ1) is 10.1. The summed E-state index contributed by atoms with van der Waals surface area (Å²) in [6.07, 6.45) is 0.708. The fourth-order valence-electron chi connectivity index (χ4n) is 1.94. The molecule has 0 aliphatic heterocycles. The van der Waals surface area contributed by atoms with E-state index in [0.717, 1.165) is 17.7 Å². The Balaban J connectivity index is 1.98. The van der Waals surface area contributed by atoms with E-state index in [0.29, 0.717) is 24.4 Å². The van der Waals surface area contributed by atoms with Gasteiger partial charge in [-0.25, -0.2) is 13.1 Å². The van der Waals surface area contributed by atoms with E-state index in [1.54, 1.807) is 29.5 Å². The highest BCUT2D eigenvalue weighted by Crippen LogP contribution is 2.12. The highest BCUT2D eigenvalue weighted by molar-refractivity contribution is 7.89. The van der Waals surface area contributed by atoms with E-state index in [2.05, 4.69) is 10.0 Å². The van der Waals surface area contributed by atoms with Crippen LogP contribution in [0.5, 0.6) is 0 Å². The average Bonchev–Trinajstić information content (AvgIpc) is 2.98. The second-order valence-electron chi connectivity index (χ2n) is 4.71. The zero-order chi connectivity index (χ0) is 15.1. The van der Waals surface area contributed by atoms with Crippen molar-refractivity contribution in [3.05, 3.63) is 52.2 Å². The van der Waals surface area contributed by atoms with Crippen LogP contribution in [0.15, 0.2) is 46.0 Å². The van der Waals surface area contributed by atoms with Gasteiger partial charge >= 0.3 is 0 Å². The van der Waals surface area contributed by atoms with Crippen LogP contribution in [-0.2, 0) is 23.0 Å². The van der Waals surface area contributed by atoms with Crippen LogP contribution in [0.4, 0.5) is 0 Å². The summed E-state index contributed by atoms with van der Waals surface area (Å²) in [6, 6.07) is 9.06. The highest BCUT2D eigenvalue weighted by Gasteiger charge is 2.13. The Morgan fingerprint density at radius 2 is 2.05 bits per heavy atom. The van der Waals surface area contributed by atoms with Crippen LogP contribution in [0.2, 0.25) is 0 Å². The fourth-order valence-corrected chi connectivity index (χ4v) is 3.74. The summed E-state index contributed by atoms with van der Waals surface area (Å²) in [6.45, 7) is 3.97. The van der Waals surface area contributed by atoms with Crippen molar-refractivity contribution in [2.24, 2.45) is 0 Å². The van der Waals surface area contributed by atoms with Crippen molar-refractivity contribution in [3.63, 3.8) is 0 Å². The minimum Gasteiger partial charge on any atom is -0.313 e. The maximum atomic E-state index is 12.3. The average molecular weight is 324 g/mol. The molecule has 0 fully saturated rings.